The van der Waals surface area contributed by atoms with Crippen LogP contribution in [0.1, 0.15) is 31.0 Å². The Hall–Kier alpha value is -2.77. The standard InChI is InChI=1S/C16H18N3O5/c1-2-22-14(20)9-23-18-11-6-4-3-5-10(11)15-12(18)7-8-13-16(15)17-24-19(13)21/h7-8,17H,2-6,9H2,1H3/q+1. The van der Waals surface area contributed by atoms with Crippen LogP contribution in [0.5, 0.6) is 0 Å². The predicted molar refractivity (Wildman–Crippen MR) is 84.1 cm³/mol. The Balaban J connectivity index is 1.88. The second-order valence-corrected chi connectivity index (χ2v) is 5.81. The van der Waals surface area contributed by atoms with Crippen molar-refractivity contribution in [1.29, 1.82) is 0 Å². The van der Waals surface area contributed by atoms with E-state index < -0.39 is 5.97 Å². The number of H-pyrrole nitrogens is 1. The SMILES string of the molecule is CCOC(=O)COn1c2c(c3c4[nH]o[n+](=O)c4ccc31)CCCC2. The van der Waals surface area contributed by atoms with E-state index in [1.54, 1.807) is 17.7 Å². The number of hydrogen-bond donors (Lipinski definition) is 1. The number of nitrogens with zero attached hydrogens (tertiary/aromatic N) is 2. The first-order valence-electron chi connectivity index (χ1n) is 8.09. The van der Waals surface area contributed by atoms with E-state index in [1.807, 2.05) is 6.07 Å². The molecule has 1 N–H and O–H groups in total. The number of aromatic amines is 1. The predicted octanol–water partition coefficient (Wildman–Crippen LogP) is 1.50. The van der Waals surface area contributed by atoms with E-state index in [-0.39, 0.29) is 6.61 Å². The number of aromatic nitrogens is 3. The molecule has 0 fully saturated rings. The molecule has 126 valence electrons. The summed E-state index contributed by atoms with van der Waals surface area (Å²) in [5.41, 5.74) is 4.09. The summed E-state index contributed by atoms with van der Waals surface area (Å²) in [5, 5.41) is 3.62. The molecule has 3 aromatic rings. The van der Waals surface area contributed by atoms with Crippen LogP contribution in [0, 0.1) is 4.91 Å². The lowest BCUT2D eigenvalue weighted by molar-refractivity contribution is -0.692. The van der Waals surface area contributed by atoms with Crippen molar-refractivity contribution in [2.75, 3.05) is 13.2 Å². The Morgan fingerprint density at radius 3 is 3.04 bits per heavy atom. The molecule has 2 aromatic heterocycles. The molecule has 0 spiro atoms. The summed E-state index contributed by atoms with van der Waals surface area (Å²) in [6, 6.07) is 3.50. The Morgan fingerprint density at radius 1 is 1.38 bits per heavy atom. The van der Waals surface area contributed by atoms with Gasteiger partial charge in [0.2, 0.25) is 12.1 Å². The maximum absolute atomic E-state index is 11.7. The third-order valence-corrected chi connectivity index (χ3v) is 4.41. The van der Waals surface area contributed by atoms with Gasteiger partial charge in [0, 0.05) is 6.07 Å². The van der Waals surface area contributed by atoms with Gasteiger partial charge in [0.25, 0.3) is 5.52 Å². The van der Waals surface area contributed by atoms with Gasteiger partial charge in [-0.1, -0.05) is 9.79 Å². The molecule has 0 unspecified atom stereocenters. The van der Waals surface area contributed by atoms with Crippen LogP contribution in [0.15, 0.2) is 16.8 Å². The Morgan fingerprint density at radius 2 is 2.21 bits per heavy atom. The lowest BCUT2D eigenvalue weighted by Gasteiger charge is -2.15. The summed E-state index contributed by atoms with van der Waals surface area (Å²) in [6.45, 7) is 1.92. The van der Waals surface area contributed by atoms with E-state index >= 15 is 0 Å². The number of ether oxygens (including phenoxy) is 1. The highest BCUT2D eigenvalue weighted by molar-refractivity contribution is 6.04. The first-order chi connectivity index (χ1) is 11.7. The molecule has 0 radical (unpaired) electrons. The second kappa shape index (κ2) is 5.70. The summed E-state index contributed by atoms with van der Waals surface area (Å²) in [5.74, 6) is -0.405. The molecule has 8 nitrogen and oxygen atoms in total. The third kappa shape index (κ3) is 2.17. The number of hydrogen-bond acceptors (Lipinski definition) is 5. The maximum Gasteiger partial charge on any atom is 0.346 e. The summed E-state index contributed by atoms with van der Waals surface area (Å²) >= 11 is 0. The highest BCUT2D eigenvalue weighted by atomic mass is 16.7. The monoisotopic (exact) mass is 332 g/mol. The molecule has 1 aromatic carbocycles. The average Bonchev–Trinajstić information content (AvgIpc) is 3.11. The zero-order valence-electron chi connectivity index (χ0n) is 13.3. The zero-order valence-corrected chi connectivity index (χ0v) is 13.3. The number of rotatable bonds is 4. The molecule has 1 aliphatic carbocycles. The number of esters is 1. The molecule has 24 heavy (non-hydrogen) atoms. The Bertz CT molecular complexity index is 981. The van der Waals surface area contributed by atoms with Crippen LogP contribution in [0.4, 0.5) is 0 Å². The van der Waals surface area contributed by atoms with Gasteiger partial charge in [-0.05, 0) is 49.1 Å². The topological polar surface area (TPSA) is 92.4 Å². The van der Waals surface area contributed by atoms with Crippen LogP contribution in [0.3, 0.4) is 0 Å². The van der Waals surface area contributed by atoms with Crippen molar-refractivity contribution in [1.82, 2.24) is 9.89 Å². The Labute approximate surface area is 136 Å². The molecule has 0 aliphatic heterocycles. The van der Waals surface area contributed by atoms with Crippen molar-refractivity contribution in [3.63, 3.8) is 0 Å². The molecule has 0 saturated heterocycles. The largest absolute Gasteiger partial charge is 0.463 e. The number of fused-ring (bicyclic) bond motifs is 5. The average molecular weight is 332 g/mol. The second-order valence-electron chi connectivity index (χ2n) is 5.81. The zero-order chi connectivity index (χ0) is 16.7. The van der Waals surface area contributed by atoms with E-state index in [0.717, 1.165) is 47.8 Å². The molecule has 0 amide bonds. The highest BCUT2D eigenvalue weighted by Gasteiger charge is 2.27. The summed E-state index contributed by atoms with van der Waals surface area (Å²) < 4.78 is 12.0. The van der Waals surface area contributed by atoms with Crippen LogP contribution in [0.2, 0.25) is 0 Å². The first-order valence-corrected chi connectivity index (χ1v) is 8.09. The van der Waals surface area contributed by atoms with Crippen LogP contribution >= 0.6 is 0 Å². The van der Waals surface area contributed by atoms with E-state index in [2.05, 4.69) is 5.16 Å². The Kier molecular flexibility index (Phi) is 3.51. The van der Waals surface area contributed by atoms with Crippen LogP contribution in [0.25, 0.3) is 21.9 Å². The first kappa shape index (κ1) is 14.8. The minimum atomic E-state index is -0.405. The van der Waals surface area contributed by atoms with Gasteiger partial charge < -0.3 is 9.57 Å². The number of carbonyl (C=O) groups is 1. The van der Waals surface area contributed by atoms with Crippen molar-refractivity contribution >= 4 is 27.9 Å². The highest BCUT2D eigenvalue weighted by Crippen LogP contribution is 2.34. The molecule has 1 aliphatic rings. The smallest absolute Gasteiger partial charge is 0.346 e. The van der Waals surface area contributed by atoms with Crippen LogP contribution < -0.4 is 9.44 Å². The molecule has 2 heterocycles. The number of aryl methyl sites for hydroxylation is 1. The molecular formula is C16H18N3O5+. The number of benzene rings is 1. The summed E-state index contributed by atoms with van der Waals surface area (Å²) in [4.78, 5) is 29.1. The molecular weight excluding hydrogens is 314 g/mol. The quantitative estimate of drug-likeness (QED) is 0.731. The number of carbonyl (C=O) groups excluding carboxylic acids is 1. The van der Waals surface area contributed by atoms with Crippen LogP contribution in [-0.4, -0.2) is 29.1 Å². The van der Waals surface area contributed by atoms with Gasteiger partial charge in [-0.25, -0.2) is 4.79 Å². The lowest BCUT2D eigenvalue weighted by Crippen LogP contribution is -2.24. The fourth-order valence-electron chi connectivity index (χ4n) is 3.44. The lowest BCUT2D eigenvalue weighted by atomic mass is 9.95. The van der Waals surface area contributed by atoms with Gasteiger partial charge in [-0.2, -0.15) is 4.73 Å². The van der Waals surface area contributed by atoms with Crippen LogP contribution in [-0.2, 0) is 22.4 Å². The van der Waals surface area contributed by atoms with E-state index in [4.69, 9.17) is 14.2 Å². The van der Waals surface area contributed by atoms with Gasteiger partial charge in [0.15, 0.2) is 4.60 Å². The number of nitrogens with one attached hydrogen (secondary N) is 1. The van der Waals surface area contributed by atoms with E-state index in [0.29, 0.717) is 22.2 Å². The summed E-state index contributed by atoms with van der Waals surface area (Å²) in [7, 11) is 0. The van der Waals surface area contributed by atoms with E-state index in [9.17, 15) is 9.70 Å². The van der Waals surface area contributed by atoms with Crippen molar-refractivity contribution in [2.24, 2.45) is 0 Å². The minimum absolute atomic E-state index is 0.154. The molecule has 0 saturated carbocycles. The summed E-state index contributed by atoms with van der Waals surface area (Å²) in [6.07, 6.45) is 3.91. The fraction of sp³-hybridized carbons (Fsp3) is 0.438. The fourth-order valence-corrected chi connectivity index (χ4v) is 3.44. The van der Waals surface area contributed by atoms with Gasteiger partial charge in [0.05, 0.1) is 23.2 Å². The van der Waals surface area contributed by atoms with Gasteiger partial charge in [-0.3, -0.25) is 0 Å². The molecule has 8 heteroatoms. The van der Waals surface area contributed by atoms with Gasteiger partial charge in [-0.15, -0.1) is 0 Å². The van der Waals surface area contributed by atoms with E-state index in [1.165, 1.54) is 0 Å². The molecule has 0 bridgehead atoms. The minimum Gasteiger partial charge on any atom is -0.463 e. The molecule has 4 rings (SSSR count). The van der Waals surface area contributed by atoms with Crippen molar-refractivity contribution in [3.8, 4) is 0 Å². The molecule has 0 atom stereocenters. The third-order valence-electron chi connectivity index (χ3n) is 4.41. The normalized spacial score (nSPS) is 14.0. The van der Waals surface area contributed by atoms with Gasteiger partial charge in [0.1, 0.15) is 0 Å². The van der Waals surface area contributed by atoms with Crippen molar-refractivity contribution in [3.05, 3.63) is 28.3 Å². The van der Waals surface area contributed by atoms with Gasteiger partial charge >= 0.3 is 5.97 Å². The van der Waals surface area contributed by atoms with Crippen molar-refractivity contribution < 1.29 is 23.6 Å². The van der Waals surface area contributed by atoms with Crippen molar-refractivity contribution in [2.45, 2.75) is 32.6 Å². The maximum atomic E-state index is 11.7.